The van der Waals surface area contributed by atoms with E-state index in [2.05, 4.69) is 39.1 Å². The van der Waals surface area contributed by atoms with E-state index in [1.165, 1.54) is 5.56 Å². The van der Waals surface area contributed by atoms with Crippen molar-refractivity contribution < 1.29 is 4.74 Å². The van der Waals surface area contributed by atoms with Crippen LogP contribution in [0.25, 0.3) is 0 Å². The first-order valence-corrected chi connectivity index (χ1v) is 5.66. The molecule has 0 N–H and O–H groups in total. The second-order valence-corrected chi connectivity index (χ2v) is 5.23. The van der Waals surface area contributed by atoms with Gasteiger partial charge in [-0.3, -0.25) is 0 Å². The van der Waals surface area contributed by atoms with Crippen molar-refractivity contribution in [3.05, 3.63) is 29.3 Å². The molecule has 92 valence electrons. The predicted molar refractivity (Wildman–Crippen MR) is 68.8 cm³/mol. The van der Waals surface area contributed by atoms with Crippen LogP contribution >= 0.6 is 0 Å². The fourth-order valence-electron chi connectivity index (χ4n) is 1.66. The molecule has 0 fully saturated rings. The Hall–Kier alpha value is -1.69. The number of benzene rings is 1. The Balaban J connectivity index is 3.12. The number of methoxy groups -OCH3 is 1. The molecule has 0 aliphatic rings. The molecule has 0 unspecified atom stereocenters. The lowest BCUT2D eigenvalue weighted by Crippen LogP contribution is -2.15. The van der Waals surface area contributed by atoms with Crippen LogP contribution in [0.5, 0.6) is 5.75 Å². The van der Waals surface area contributed by atoms with Gasteiger partial charge in [-0.1, -0.05) is 26.8 Å². The summed E-state index contributed by atoms with van der Waals surface area (Å²) in [6.07, 6.45) is 2.10. The molecule has 17 heavy (non-hydrogen) atoms. The van der Waals surface area contributed by atoms with Gasteiger partial charge in [0.15, 0.2) is 6.19 Å². The minimum absolute atomic E-state index is 0.103. The third-order valence-electron chi connectivity index (χ3n) is 2.72. The molecule has 0 aliphatic heterocycles. The summed E-state index contributed by atoms with van der Waals surface area (Å²) in [5.74, 6) is 0.833. The van der Waals surface area contributed by atoms with E-state index in [0.717, 1.165) is 11.3 Å². The summed E-state index contributed by atoms with van der Waals surface area (Å²) in [6.45, 7) is 7.09. The first kappa shape index (κ1) is 13.4. The lowest BCUT2D eigenvalue weighted by Gasteiger charge is -2.22. The topological polar surface area (TPSA) is 36.3 Å². The van der Waals surface area contributed by atoms with E-state index in [0.29, 0.717) is 6.54 Å². The van der Waals surface area contributed by atoms with Crippen molar-refractivity contribution in [3.63, 3.8) is 0 Å². The molecule has 0 saturated carbocycles. The van der Waals surface area contributed by atoms with E-state index < -0.39 is 0 Å². The fraction of sp³-hybridized carbons (Fsp3) is 0.500. The van der Waals surface area contributed by atoms with Gasteiger partial charge in [-0.25, -0.2) is 0 Å². The van der Waals surface area contributed by atoms with Crippen molar-refractivity contribution >= 4 is 0 Å². The SMILES string of the molecule is COc1ccc(C(C)(C)C)cc1CN(C)C#N. The number of nitriles is 1. The lowest BCUT2D eigenvalue weighted by atomic mass is 9.86. The van der Waals surface area contributed by atoms with E-state index in [4.69, 9.17) is 10.00 Å². The van der Waals surface area contributed by atoms with Gasteiger partial charge in [-0.15, -0.1) is 0 Å². The second kappa shape index (κ2) is 5.09. The van der Waals surface area contributed by atoms with Gasteiger partial charge in [0, 0.05) is 12.6 Å². The molecule has 0 bridgehead atoms. The summed E-state index contributed by atoms with van der Waals surface area (Å²) in [6, 6.07) is 6.17. The molecule has 1 rings (SSSR count). The van der Waals surface area contributed by atoms with Gasteiger partial charge in [-0.05, 0) is 23.1 Å². The smallest absolute Gasteiger partial charge is 0.179 e. The van der Waals surface area contributed by atoms with Crippen LogP contribution in [0.4, 0.5) is 0 Å². The Morgan fingerprint density at radius 3 is 2.47 bits per heavy atom. The van der Waals surface area contributed by atoms with Crippen LogP contribution in [0.3, 0.4) is 0 Å². The number of hydrogen-bond acceptors (Lipinski definition) is 3. The average Bonchev–Trinajstić information content (AvgIpc) is 2.27. The Labute approximate surface area is 104 Å². The highest BCUT2D eigenvalue weighted by molar-refractivity contribution is 5.39. The normalized spacial score (nSPS) is 10.8. The standard InChI is InChI=1S/C14H20N2O/c1-14(2,3)12-6-7-13(17-5)11(8-12)9-16(4)10-15/h6-8H,9H2,1-5H3. The van der Waals surface area contributed by atoms with Crippen LogP contribution in [0, 0.1) is 11.5 Å². The van der Waals surface area contributed by atoms with E-state index in [9.17, 15) is 0 Å². The first-order chi connectivity index (χ1) is 7.88. The summed E-state index contributed by atoms with van der Waals surface area (Å²) in [5.41, 5.74) is 2.40. The van der Waals surface area contributed by atoms with Crippen LogP contribution in [0.15, 0.2) is 18.2 Å². The molecule has 0 aliphatic carbocycles. The van der Waals surface area contributed by atoms with E-state index in [1.807, 2.05) is 6.07 Å². The fourth-order valence-corrected chi connectivity index (χ4v) is 1.66. The highest BCUT2D eigenvalue weighted by Gasteiger charge is 2.16. The Kier molecular flexibility index (Phi) is 4.01. The van der Waals surface area contributed by atoms with Crippen LogP contribution in [0.1, 0.15) is 31.9 Å². The molecular formula is C14H20N2O. The molecule has 0 saturated heterocycles. The van der Waals surface area contributed by atoms with Gasteiger partial charge in [0.2, 0.25) is 0 Å². The van der Waals surface area contributed by atoms with Crippen molar-refractivity contribution in [3.8, 4) is 11.9 Å². The highest BCUT2D eigenvalue weighted by Crippen LogP contribution is 2.28. The second-order valence-electron chi connectivity index (χ2n) is 5.23. The molecule has 3 heteroatoms. The van der Waals surface area contributed by atoms with Crippen LogP contribution in [-0.2, 0) is 12.0 Å². The first-order valence-electron chi connectivity index (χ1n) is 5.66. The molecule has 0 spiro atoms. The third-order valence-corrected chi connectivity index (χ3v) is 2.72. The maximum atomic E-state index is 8.82. The summed E-state index contributed by atoms with van der Waals surface area (Å²) >= 11 is 0. The summed E-state index contributed by atoms with van der Waals surface area (Å²) in [5, 5.41) is 8.82. The van der Waals surface area contributed by atoms with E-state index in [1.54, 1.807) is 19.1 Å². The Morgan fingerprint density at radius 2 is 2.00 bits per heavy atom. The quantitative estimate of drug-likeness (QED) is 0.594. The number of rotatable bonds is 3. The minimum atomic E-state index is 0.103. The van der Waals surface area contributed by atoms with Gasteiger partial charge < -0.3 is 9.64 Å². The number of nitrogens with zero attached hydrogens (tertiary/aromatic N) is 2. The van der Waals surface area contributed by atoms with Crippen molar-refractivity contribution in [2.75, 3.05) is 14.2 Å². The maximum Gasteiger partial charge on any atom is 0.179 e. The van der Waals surface area contributed by atoms with Crippen molar-refractivity contribution in [1.29, 1.82) is 5.26 Å². The van der Waals surface area contributed by atoms with Gasteiger partial charge in [0.05, 0.1) is 13.7 Å². The summed E-state index contributed by atoms with van der Waals surface area (Å²) in [4.78, 5) is 1.59. The molecule has 0 radical (unpaired) electrons. The molecular weight excluding hydrogens is 212 g/mol. The van der Waals surface area contributed by atoms with Crippen LogP contribution in [0.2, 0.25) is 0 Å². The van der Waals surface area contributed by atoms with E-state index in [-0.39, 0.29) is 5.41 Å². The van der Waals surface area contributed by atoms with E-state index >= 15 is 0 Å². The van der Waals surface area contributed by atoms with Crippen molar-refractivity contribution in [2.45, 2.75) is 32.7 Å². The van der Waals surface area contributed by atoms with Gasteiger partial charge in [0.25, 0.3) is 0 Å². The molecule has 0 amide bonds. The zero-order valence-corrected chi connectivity index (χ0v) is 11.2. The zero-order valence-electron chi connectivity index (χ0n) is 11.2. The monoisotopic (exact) mass is 232 g/mol. The number of hydrogen-bond donors (Lipinski definition) is 0. The summed E-state index contributed by atoms with van der Waals surface area (Å²) < 4.78 is 5.32. The highest BCUT2D eigenvalue weighted by atomic mass is 16.5. The molecule has 1 aromatic rings. The largest absolute Gasteiger partial charge is 0.496 e. The third kappa shape index (κ3) is 3.39. The zero-order chi connectivity index (χ0) is 13.1. The molecule has 3 nitrogen and oxygen atoms in total. The molecule has 0 aromatic heterocycles. The number of ether oxygens (including phenoxy) is 1. The van der Waals surface area contributed by atoms with Crippen LogP contribution < -0.4 is 4.74 Å². The maximum absolute atomic E-state index is 8.82. The van der Waals surface area contributed by atoms with Crippen molar-refractivity contribution in [2.24, 2.45) is 0 Å². The molecule has 1 aromatic carbocycles. The van der Waals surface area contributed by atoms with Gasteiger partial charge in [-0.2, -0.15) is 5.26 Å². The summed E-state index contributed by atoms with van der Waals surface area (Å²) in [7, 11) is 3.42. The van der Waals surface area contributed by atoms with Crippen molar-refractivity contribution in [1.82, 2.24) is 4.90 Å². The molecule has 0 atom stereocenters. The van der Waals surface area contributed by atoms with Crippen LogP contribution in [-0.4, -0.2) is 19.1 Å². The predicted octanol–water partition coefficient (Wildman–Crippen LogP) is 2.91. The Bertz CT molecular complexity index is 427. The minimum Gasteiger partial charge on any atom is -0.496 e. The van der Waals surface area contributed by atoms with Gasteiger partial charge in [0.1, 0.15) is 5.75 Å². The lowest BCUT2D eigenvalue weighted by molar-refractivity contribution is 0.393. The average molecular weight is 232 g/mol. The molecule has 0 heterocycles. The Morgan fingerprint density at radius 1 is 1.35 bits per heavy atom. The van der Waals surface area contributed by atoms with Gasteiger partial charge >= 0.3 is 0 Å².